The van der Waals surface area contributed by atoms with Crippen LogP contribution in [0.3, 0.4) is 0 Å². The summed E-state index contributed by atoms with van der Waals surface area (Å²) in [4.78, 5) is 12.4. The molecule has 3 N–H and O–H groups in total. The maximum Gasteiger partial charge on any atom is 0.337 e. The first-order chi connectivity index (χ1) is 12.6. The van der Waals surface area contributed by atoms with E-state index >= 15 is 0 Å². The van der Waals surface area contributed by atoms with E-state index in [0.717, 1.165) is 27.8 Å². The molecule has 1 aliphatic rings. The van der Waals surface area contributed by atoms with Gasteiger partial charge in [0, 0.05) is 0 Å². The van der Waals surface area contributed by atoms with Crippen LogP contribution in [0.1, 0.15) is 16.7 Å². The first kappa shape index (κ1) is 16.1. The molecule has 1 atom stereocenters. The number of carboxylic acid groups (broad SMARTS) is 1. The topological polar surface area (TPSA) is 63.3 Å². The van der Waals surface area contributed by atoms with E-state index < -0.39 is 16.9 Å². The molecule has 4 rings (SSSR count). The summed E-state index contributed by atoms with van der Waals surface area (Å²) >= 11 is 0. The van der Waals surface area contributed by atoms with Gasteiger partial charge in [-0.15, -0.1) is 6.42 Å². The zero-order valence-corrected chi connectivity index (χ0v) is 14.0. The number of nitrogens with two attached hydrogens (primary N) is 1. The molecule has 3 aromatic carbocycles. The van der Waals surface area contributed by atoms with Crippen molar-refractivity contribution in [3.8, 4) is 23.5 Å². The Morgan fingerprint density at radius 3 is 1.81 bits per heavy atom. The van der Waals surface area contributed by atoms with Crippen molar-refractivity contribution < 1.29 is 9.90 Å². The van der Waals surface area contributed by atoms with Gasteiger partial charge in [-0.1, -0.05) is 84.8 Å². The number of aliphatic carboxylic acids is 1. The fourth-order valence-electron chi connectivity index (χ4n) is 4.22. The lowest BCUT2D eigenvalue weighted by atomic mass is 9.60. The number of rotatable bonds is 3. The molecule has 0 saturated heterocycles. The van der Waals surface area contributed by atoms with Crippen LogP contribution in [-0.2, 0) is 10.2 Å². The highest BCUT2D eigenvalue weighted by Crippen LogP contribution is 2.56. The molecule has 126 valence electrons. The highest BCUT2D eigenvalue weighted by molar-refractivity contribution is 5.95. The summed E-state index contributed by atoms with van der Waals surface area (Å²) < 4.78 is 0. The minimum absolute atomic E-state index is 0.764. The Balaban J connectivity index is 2.25. The van der Waals surface area contributed by atoms with Crippen molar-refractivity contribution in [1.29, 1.82) is 0 Å². The summed E-state index contributed by atoms with van der Waals surface area (Å²) in [5.74, 6) is 1.19. The molecule has 1 aliphatic carbocycles. The largest absolute Gasteiger partial charge is 0.479 e. The molecule has 3 heteroatoms. The monoisotopic (exact) mass is 339 g/mol. The SMILES string of the molecule is C#CC(N)(C(=O)O)C1(c2ccccc2)c2ccccc2-c2ccccc21. The van der Waals surface area contributed by atoms with Crippen molar-refractivity contribution in [2.75, 3.05) is 0 Å². The molecule has 0 aromatic heterocycles. The summed E-state index contributed by atoms with van der Waals surface area (Å²) in [6, 6.07) is 24.9. The minimum atomic E-state index is -1.95. The van der Waals surface area contributed by atoms with Crippen LogP contribution in [-0.4, -0.2) is 16.6 Å². The third-order valence-electron chi connectivity index (χ3n) is 5.32. The first-order valence-electron chi connectivity index (χ1n) is 8.32. The number of carboxylic acids is 1. The second kappa shape index (κ2) is 5.59. The molecule has 0 radical (unpaired) electrons. The molecule has 0 fully saturated rings. The summed E-state index contributed by atoms with van der Waals surface area (Å²) in [5, 5.41) is 10.1. The normalized spacial score (nSPS) is 16.0. The standard InChI is InChI=1S/C23H17NO2/c1-2-22(24,21(25)26)23(16-10-4-3-5-11-16)19-14-8-6-12-17(19)18-13-7-9-15-20(18)23/h1,3-15H,24H2,(H,25,26). The molecular formula is C23H17NO2. The molecule has 0 heterocycles. The molecule has 3 aromatic rings. The molecule has 0 aliphatic heterocycles. The van der Waals surface area contributed by atoms with Gasteiger partial charge in [-0.05, 0) is 27.8 Å². The van der Waals surface area contributed by atoms with Gasteiger partial charge >= 0.3 is 5.97 Å². The summed E-state index contributed by atoms with van der Waals surface area (Å²) in [6.07, 6.45) is 5.77. The van der Waals surface area contributed by atoms with Gasteiger partial charge in [0.15, 0.2) is 5.54 Å². The maximum absolute atomic E-state index is 12.4. The summed E-state index contributed by atoms with van der Waals surface area (Å²) in [7, 11) is 0. The Morgan fingerprint density at radius 1 is 0.885 bits per heavy atom. The van der Waals surface area contributed by atoms with Gasteiger partial charge in [-0.2, -0.15) is 0 Å². The average Bonchev–Trinajstić information content (AvgIpc) is 3.00. The number of fused-ring (bicyclic) bond motifs is 3. The number of benzene rings is 3. The second-order valence-electron chi connectivity index (χ2n) is 6.46. The zero-order valence-electron chi connectivity index (χ0n) is 14.0. The molecule has 1 unspecified atom stereocenters. The van der Waals surface area contributed by atoms with Crippen molar-refractivity contribution in [3.05, 3.63) is 95.6 Å². The van der Waals surface area contributed by atoms with E-state index in [2.05, 4.69) is 5.92 Å². The lowest BCUT2D eigenvalue weighted by Gasteiger charge is -2.42. The predicted octanol–water partition coefficient (Wildman–Crippen LogP) is 3.42. The van der Waals surface area contributed by atoms with E-state index in [1.807, 2.05) is 78.9 Å². The lowest BCUT2D eigenvalue weighted by molar-refractivity contribution is -0.142. The van der Waals surface area contributed by atoms with Crippen molar-refractivity contribution in [2.45, 2.75) is 11.0 Å². The lowest BCUT2D eigenvalue weighted by Crippen LogP contribution is -2.63. The molecule has 3 nitrogen and oxygen atoms in total. The molecular weight excluding hydrogens is 322 g/mol. The van der Waals surface area contributed by atoms with Crippen LogP contribution in [0.4, 0.5) is 0 Å². The van der Waals surface area contributed by atoms with Crippen LogP contribution >= 0.6 is 0 Å². The third kappa shape index (κ3) is 1.79. The van der Waals surface area contributed by atoms with Crippen LogP contribution < -0.4 is 5.73 Å². The minimum Gasteiger partial charge on any atom is -0.479 e. The van der Waals surface area contributed by atoms with Crippen molar-refractivity contribution in [1.82, 2.24) is 0 Å². The highest BCUT2D eigenvalue weighted by Gasteiger charge is 2.60. The smallest absolute Gasteiger partial charge is 0.337 e. The van der Waals surface area contributed by atoms with Gasteiger partial charge in [-0.3, -0.25) is 0 Å². The Hall–Kier alpha value is -3.35. The highest BCUT2D eigenvalue weighted by atomic mass is 16.4. The third-order valence-corrected chi connectivity index (χ3v) is 5.32. The first-order valence-corrected chi connectivity index (χ1v) is 8.32. The fraction of sp³-hybridized carbons (Fsp3) is 0.0870. The van der Waals surface area contributed by atoms with Crippen molar-refractivity contribution >= 4 is 5.97 Å². The second-order valence-corrected chi connectivity index (χ2v) is 6.46. The Labute approximate surface area is 152 Å². The van der Waals surface area contributed by atoms with Crippen LogP contribution in [0.5, 0.6) is 0 Å². The molecule has 0 bridgehead atoms. The van der Waals surface area contributed by atoms with Gasteiger partial charge in [0.25, 0.3) is 0 Å². The fourth-order valence-corrected chi connectivity index (χ4v) is 4.22. The van der Waals surface area contributed by atoms with E-state index in [1.165, 1.54) is 0 Å². The van der Waals surface area contributed by atoms with E-state index in [0.29, 0.717) is 0 Å². The number of hydrogen-bond donors (Lipinski definition) is 2. The Bertz CT molecular complexity index is 1000. The molecule has 0 spiro atoms. The van der Waals surface area contributed by atoms with Gasteiger partial charge in [0.1, 0.15) is 0 Å². The van der Waals surface area contributed by atoms with Crippen LogP contribution in [0.15, 0.2) is 78.9 Å². The van der Waals surface area contributed by atoms with Crippen molar-refractivity contribution in [3.63, 3.8) is 0 Å². The van der Waals surface area contributed by atoms with Gasteiger partial charge < -0.3 is 10.8 Å². The van der Waals surface area contributed by atoms with E-state index in [1.54, 1.807) is 0 Å². The zero-order chi connectivity index (χ0) is 18.4. The Morgan fingerprint density at radius 2 is 1.35 bits per heavy atom. The van der Waals surface area contributed by atoms with Crippen LogP contribution in [0.2, 0.25) is 0 Å². The summed E-state index contributed by atoms with van der Waals surface area (Å²) in [6.45, 7) is 0. The van der Waals surface area contributed by atoms with Gasteiger partial charge in [0.05, 0.1) is 5.41 Å². The van der Waals surface area contributed by atoms with Crippen LogP contribution in [0, 0.1) is 12.3 Å². The quantitative estimate of drug-likeness (QED) is 0.719. The molecule has 0 saturated carbocycles. The predicted molar refractivity (Wildman–Crippen MR) is 102 cm³/mol. The summed E-state index contributed by atoms with van der Waals surface area (Å²) in [5.41, 5.74) is 7.69. The van der Waals surface area contributed by atoms with E-state index in [4.69, 9.17) is 12.2 Å². The van der Waals surface area contributed by atoms with Gasteiger partial charge in [-0.25, -0.2) is 4.79 Å². The van der Waals surface area contributed by atoms with Crippen molar-refractivity contribution in [2.24, 2.45) is 5.73 Å². The maximum atomic E-state index is 12.4. The van der Waals surface area contributed by atoms with E-state index in [9.17, 15) is 9.90 Å². The van der Waals surface area contributed by atoms with Gasteiger partial charge in [0.2, 0.25) is 0 Å². The average molecular weight is 339 g/mol. The van der Waals surface area contributed by atoms with Crippen LogP contribution in [0.25, 0.3) is 11.1 Å². The number of carbonyl (C=O) groups is 1. The Kier molecular flexibility index (Phi) is 3.47. The van der Waals surface area contributed by atoms with E-state index in [-0.39, 0.29) is 0 Å². The molecule has 26 heavy (non-hydrogen) atoms. The number of hydrogen-bond acceptors (Lipinski definition) is 2. The molecule has 0 amide bonds. The number of terminal acetylenes is 1.